The third-order valence-corrected chi connectivity index (χ3v) is 2.20. The van der Waals surface area contributed by atoms with Crippen molar-refractivity contribution >= 4 is 17.6 Å². The summed E-state index contributed by atoms with van der Waals surface area (Å²) in [5.74, 6) is 0.795. The van der Waals surface area contributed by atoms with Crippen molar-refractivity contribution in [2.45, 2.75) is 4.90 Å². The molecule has 11 heavy (non-hydrogen) atoms. The first kappa shape index (κ1) is 8.14. The molecular weight excluding hydrogens is 156 g/mol. The van der Waals surface area contributed by atoms with Crippen molar-refractivity contribution in [2.24, 2.45) is 5.73 Å². The van der Waals surface area contributed by atoms with Crippen molar-refractivity contribution in [1.29, 1.82) is 5.41 Å². The monoisotopic (exact) mass is 166 g/mol. The third kappa shape index (κ3) is 3.09. The van der Waals surface area contributed by atoms with Gasteiger partial charge >= 0.3 is 0 Å². The maximum absolute atomic E-state index is 7.00. The van der Waals surface area contributed by atoms with Gasteiger partial charge in [-0.25, -0.2) is 0 Å². The van der Waals surface area contributed by atoms with Gasteiger partial charge in [0.25, 0.3) is 0 Å². The Morgan fingerprint density at radius 3 is 2.55 bits per heavy atom. The van der Waals surface area contributed by atoms with Crippen LogP contribution in [0.5, 0.6) is 0 Å². The summed E-state index contributed by atoms with van der Waals surface area (Å²) in [6.45, 7) is 0. The minimum Gasteiger partial charge on any atom is -0.387 e. The predicted octanol–water partition coefficient (Wildman–Crippen LogP) is 1.71. The van der Waals surface area contributed by atoms with Gasteiger partial charge < -0.3 is 5.73 Å². The topological polar surface area (TPSA) is 49.9 Å². The Morgan fingerprint density at radius 1 is 1.36 bits per heavy atom. The number of amidine groups is 1. The van der Waals surface area contributed by atoms with Crippen LogP contribution in [0, 0.1) is 5.41 Å². The van der Waals surface area contributed by atoms with E-state index >= 15 is 0 Å². The fourth-order valence-electron chi connectivity index (χ4n) is 0.678. The van der Waals surface area contributed by atoms with Gasteiger partial charge in [0.2, 0.25) is 0 Å². The van der Waals surface area contributed by atoms with Crippen LogP contribution in [0.25, 0.3) is 0 Å². The van der Waals surface area contributed by atoms with E-state index < -0.39 is 0 Å². The van der Waals surface area contributed by atoms with E-state index in [-0.39, 0.29) is 5.84 Å². The van der Waals surface area contributed by atoms with Crippen LogP contribution in [-0.4, -0.2) is 11.6 Å². The molecule has 0 atom stereocenters. The lowest BCUT2D eigenvalue weighted by Gasteiger charge is -1.97. The van der Waals surface area contributed by atoms with Crippen LogP contribution in [0.2, 0.25) is 0 Å². The maximum atomic E-state index is 7.00. The van der Waals surface area contributed by atoms with Crippen molar-refractivity contribution < 1.29 is 0 Å². The zero-order valence-corrected chi connectivity index (χ0v) is 6.90. The van der Waals surface area contributed by atoms with Crippen molar-refractivity contribution in [3.8, 4) is 0 Å². The summed E-state index contributed by atoms with van der Waals surface area (Å²) in [4.78, 5) is 1.16. The standard InChI is InChI=1S/C8H10N2S/c9-8(10)6-11-7-4-2-1-3-5-7/h1-5H,6H2,(H3,9,10). The Labute approximate surface area is 70.3 Å². The van der Waals surface area contributed by atoms with Gasteiger partial charge in [-0.15, -0.1) is 11.8 Å². The van der Waals surface area contributed by atoms with E-state index in [9.17, 15) is 0 Å². The molecule has 3 N–H and O–H groups in total. The van der Waals surface area contributed by atoms with Crippen LogP contribution >= 0.6 is 11.8 Å². The Bertz CT molecular complexity index is 233. The number of hydrogen-bond acceptors (Lipinski definition) is 2. The van der Waals surface area contributed by atoms with Gasteiger partial charge in [0.05, 0.1) is 5.75 Å². The largest absolute Gasteiger partial charge is 0.387 e. The third-order valence-electron chi connectivity index (χ3n) is 1.14. The van der Waals surface area contributed by atoms with Crippen molar-refractivity contribution in [3.05, 3.63) is 30.3 Å². The van der Waals surface area contributed by atoms with Crippen molar-refractivity contribution in [2.75, 3.05) is 5.75 Å². The molecule has 58 valence electrons. The van der Waals surface area contributed by atoms with Crippen LogP contribution in [-0.2, 0) is 0 Å². The molecule has 0 bridgehead atoms. The molecule has 0 aliphatic carbocycles. The SMILES string of the molecule is N=C(N)CSc1ccccc1. The molecule has 1 rings (SSSR count). The molecule has 0 radical (unpaired) electrons. The zero-order valence-electron chi connectivity index (χ0n) is 6.08. The molecule has 0 amide bonds. The van der Waals surface area contributed by atoms with Crippen molar-refractivity contribution in [1.82, 2.24) is 0 Å². The summed E-state index contributed by atoms with van der Waals surface area (Å²) in [6, 6.07) is 9.93. The number of benzene rings is 1. The van der Waals surface area contributed by atoms with E-state index in [1.54, 1.807) is 11.8 Å². The van der Waals surface area contributed by atoms with Crippen LogP contribution in [0.1, 0.15) is 0 Å². The lowest BCUT2D eigenvalue weighted by atomic mass is 10.4. The van der Waals surface area contributed by atoms with E-state index in [1.165, 1.54) is 0 Å². The van der Waals surface area contributed by atoms with Crippen LogP contribution < -0.4 is 5.73 Å². The molecule has 1 aromatic rings. The first-order valence-electron chi connectivity index (χ1n) is 3.30. The molecule has 2 nitrogen and oxygen atoms in total. The highest BCUT2D eigenvalue weighted by Gasteiger charge is 1.92. The summed E-state index contributed by atoms with van der Waals surface area (Å²) in [5, 5.41) is 7.00. The van der Waals surface area contributed by atoms with Crippen LogP contribution in [0.4, 0.5) is 0 Å². The number of thioether (sulfide) groups is 1. The van der Waals surface area contributed by atoms with E-state index in [0.29, 0.717) is 5.75 Å². The molecule has 0 saturated heterocycles. The number of hydrogen-bond donors (Lipinski definition) is 2. The van der Waals surface area contributed by atoms with E-state index in [1.807, 2.05) is 30.3 Å². The normalized spacial score (nSPS) is 9.45. The average Bonchev–Trinajstić information content (AvgIpc) is 2.03. The second-order valence-electron chi connectivity index (χ2n) is 2.13. The molecule has 0 aliphatic heterocycles. The average molecular weight is 166 g/mol. The molecule has 0 aliphatic rings. The van der Waals surface area contributed by atoms with Gasteiger partial charge in [-0.05, 0) is 12.1 Å². The lowest BCUT2D eigenvalue weighted by Crippen LogP contribution is -2.11. The van der Waals surface area contributed by atoms with Crippen molar-refractivity contribution in [3.63, 3.8) is 0 Å². The maximum Gasteiger partial charge on any atom is 0.101 e. The summed E-state index contributed by atoms with van der Waals surface area (Å²) in [5.41, 5.74) is 5.20. The smallest absolute Gasteiger partial charge is 0.101 e. The molecule has 3 heteroatoms. The minimum absolute atomic E-state index is 0.221. The molecule has 0 unspecified atom stereocenters. The van der Waals surface area contributed by atoms with Gasteiger partial charge in [0.15, 0.2) is 0 Å². The summed E-state index contributed by atoms with van der Waals surface area (Å²) >= 11 is 1.58. The number of nitrogens with two attached hydrogens (primary N) is 1. The van der Waals surface area contributed by atoms with Gasteiger partial charge in [-0.3, -0.25) is 5.41 Å². The Morgan fingerprint density at radius 2 is 2.00 bits per heavy atom. The van der Waals surface area contributed by atoms with Gasteiger partial charge in [-0.1, -0.05) is 18.2 Å². The zero-order chi connectivity index (χ0) is 8.10. The summed E-state index contributed by atoms with van der Waals surface area (Å²) in [6.07, 6.45) is 0. The second kappa shape index (κ2) is 4.03. The molecular formula is C8H10N2S. The second-order valence-corrected chi connectivity index (χ2v) is 3.18. The molecule has 0 spiro atoms. The number of rotatable bonds is 3. The summed E-state index contributed by atoms with van der Waals surface area (Å²) in [7, 11) is 0. The Balaban J connectivity index is 2.45. The molecule has 0 saturated carbocycles. The molecule has 0 aromatic heterocycles. The Kier molecular flexibility index (Phi) is 2.98. The highest BCUT2D eigenvalue weighted by molar-refractivity contribution is 8.00. The number of nitrogens with one attached hydrogen (secondary N) is 1. The van der Waals surface area contributed by atoms with E-state index in [4.69, 9.17) is 11.1 Å². The lowest BCUT2D eigenvalue weighted by molar-refractivity contribution is 1.41. The Hall–Kier alpha value is -0.960. The minimum atomic E-state index is 0.221. The van der Waals surface area contributed by atoms with Gasteiger partial charge in [0, 0.05) is 4.90 Å². The molecule has 1 aromatic carbocycles. The molecule has 0 heterocycles. The quantitative estimate of drug-likeness (QED) is 0.408. The highest BCUT2D eigenvalue weighted by atomic mass is 32.2. The predicted molar refractivity (Wildman–Crippen MR) is 49.1 cm³/mol. The van der Waals surface area contributed by atoms with E-state index in [2.05, 4.69) is 0 Å². The summed E-state index contributed by atoms with van der Waals surface area (Å²) < 4.78 is 0. The molecule has 0 fully saturated rings. The van der Waals surface area contributed by atoms with Gasteiger partial charge in [-0.2, -0.15) is 0 Å². The van der Waals surface area contributed by atoms with Crippen LogP contribution in [0.3, 0.4) is 0 Å². The fourth-order valence-corrected chi connectivity index (χ4v) is 1.35. The highest BCUT2D eigenvalue weighted by Crippen LogP contribution is 2.15. The first-order valence-corrected chi connectivity index (χ1v) is 4.28. The van der Waals surface area contributed by atoms with Crippen LogP contribution in [0.15, 0.2) is 35.2 Å². The first-order chi connectivity index (χ1) is 5.29. The van der Waals surface area contributed by atoms with E-state index in [0.717, 1.165) is 4.90 Å². The fraction of sp³-hybridized carbons (Fsp3) is 0.125. The van der Waals surface area contributed by atoms with Gasteiger partial charge in [0.1, 0.15) is 5.84 Å².